The smallest absolute Gasteiger partial charge is 0.321 e. The number of carbonyl (C=O) groups excluding carboxylic acids is 1. The van der Waals surface area contributed by atoms with Gasteiger partial charge in [-0.25, -0.2) is 22.9 Å². The Labute approximate surface area is 147 Å². The molecule has 0 spiro atoms. The second-order valence-corrected chi connectivity index (χ2v) is 6.17. The van der Waals surface area contributed by atoms with Crippen LogP contribution in [0, 0.1) is 11.6 Å². The van der Waals surface area contributed by atoms with E-state index in [1.807, 2.05) is 0 Å². The van der Waals surface area contributed by atoms with E-state index < -0.39 is 17.8 Å². The summed E-state index contributed by atoms with van der Waals surface area (Å²) in [5.41, 5.74) is 1.29. The SMILES string of the molecule is O=C(Nc1ccn2cc(-c3cccc(F)c3F)nc2c1)N1CCC(F)C1. The van der Waals surface area contributed by atoms with Crippen LogP contribution in [0.15, 0.2) is 42.7 Å². The van der Waals surface area contributed by atoms with E-state index in [-0.39, 0.29) is 23.8 Å². The van der Waals surface area contributed by atoms with Crippen LogP contribution in [0.1, 0.15) is 6.42 Å². The summed E-state index contributed by atoms with van der Waals surface area (Å²) in [6.07, 6.45) is 2.59. The molecule has 3 heterocycles. The lowest BCUT2D eigenvalue weighted by Gasteiger charge is -2.16. The van der Waals surface area contributed by atoms with E-state index in [1.165, 1.54) is 17.0 Å². The molecule has 1 atom stereocenters. The fraction of sp³-hybridized carbons (Fsp3) is 0.222. The molecule has 2 aromatic heterocycles. The highest BCUT2D eigenvalue weighted by Crippen LogP contribution is 2.25. The molecule has 1 fully saturated rings. The van der Waals surface area contributed by atoms with Crippen LogP contribution in [0.25, 0.3) is 16.9 Å². The van der Waals surface area contributed by atoms with Crippen molar-refractivity contribution in [2.45, 2.75) is 12.6 Å². The van der Waals surface area contributed by atoms with Gasteiger partial charge in [-0.1, -0.05) is 6.07 Å². The number of likely N-dealkylation sites (tertiary alicyclic amines) is 1. The van der Waals surface area contributed by atoms with Crippen LogP contribution < -0.4 is 5.32 Å². The monoisotopic (exact) mass is 360 g/mol. The fourth-order valence-corrected chi connectivity index (χ4v) is 3.00. The summed E-state index contributed by atoms with van der Waals surface area (Å²) in [6, 6.07) is 6.80. The van der Waals surface area contributed by atoms with E-state index in [1.54, 1.807) is 28.9 Å². The maximum atomic E-state index is 14.0. The topological polar surface area (TPSA) is 49.6 Å². The number of fused-ring (bicyclic) bond motifs is 1. The van der Waals surface area contributed by atoms with Gasteiger partial charge in [-0.05, 0) is 24.6 Å². The summed E-state index contributed by atoms with van der Waals surface area (Å²) >= 11 is 0. The molecule has 1 unspecified atom stereocenters. The van der Waals surface area contributed by atoms with Crippen molar-refractivity contribution in [1.82, 2.24) is 14.3 Å². The second-order valence-electron chi connectivity index (χ2n) is 6.17. The Kier molecular flexibility index (Phi) is 4.02. The van der Waals surface area contributed by atoms with E-state index in [0.717, 1.165) is 6.07 Å². The average molecular weight is 360 g/mol. The fourth-order valence-electron chi connectivity index (χ4n) is 3.00. The zero-order valence-electron chi connectivity index (χ0n) is 13.6. The number of alkyl halides is 1. The number of amides is 2. The number of urea groups is 1. The van der Waals surface area contributed by atoms with Gasteiger partial charge in [0.05, 0.1) is 12.2 Å². The molecule has 1 aromatic carbocycles. The molecule has 1 saturated heterocycles. The Morgan fingerprint density at radius 1 is 1.27 bits per heavy atom. The number of carbonyl (C=O) groups is 1. The van der Waals surface area contributed by atoms with Crippen molar-refractivity contribution in [3.8, 4) is 11.3 Å². The van der Waals surface area contributed by atoms with Gasteiger partial charge in [-0.3, -0.25) is 0 Å². The van der Waals surface area contributed by atoms with Crippen molar-refractivity contribution in [1.29, 1.82) is 0 Å². The second kappa shape index (κ2) is 6.36. The summed E-state index contributed by atoms with van der Waals surface area (Å²) in [6.45, 7) is 0.460. The van der Waals surface area contributed by atoms with Gasteiger partial charge in [0, 0.05) is 36.3 Å². The molecule has 0 aliphatic carbocycles. The van der Waals surface area contributed by atoms with Crippen LogP contribution in [-0.2, 0) is 0 Å². The molecule has 5 nitrogen and oxygen atoms in total. The molecule has 0 radical (unpaired) electrons. The van der Waals surface area contributed by atoms with Gasteiger partial charge in [0.1, 0.15) is 11.8 Å². The molecule has 134 valence electrons. The first-order valence-electron chi connectivity index (χ1n) is 8.14. The molecule has 1 N–H and O–H groups in total. The zero-order chi connectivity index (χ0) is 18.3. The van der Waals surface area contributed by atoms with Gasteiger partial charge in [-0.15, -0.1) is 0 Å². The Morgan fingerprint density at radius 3 is 2.88 bits per heavy atom. The number of aromatic nitrogens is 2. The molecule has 0 saturated carbocycles. The van der Waals surface area contributed by atoms with Gasteiger partial charge >= 0.3 is 6.03 Å². The number of pyridine rings is 1. The van der Waals surface area contributed by atoms with E-state index in [2.05, 4.69) is 10.3 Å². The predicted molar refractivity (Wildman–Crippen MR) is 90.6 cm³/mol. The number of nitrogens with zero attached hydrogens (tertiary/aromatic N) is 3. The molecule has 3 aromatic rings. The van der Waals surface area contributed by atoms with E-state index in [0.29, 0.717) is 24.3 Å². The number of hydrogen-bond donors (Lipinski definition) is 1. The third kappa shape index (κ3) is 2.98. The van der Waals surface area contributed by atoms with Crippen molar-refractivity contribution >= 4 is 17.4 Å². The number of anilines is 1. The van der Waals surface area contributed by atoms with Crippen LogP contribution in [0.3, 0.4) is 0 Å². The lowest BCUT2D eigenvalue weighted by Crippen LogP contribution is -2.33. The maximum absolute atomic E-state index is 14.0. The molecular formula is C18H15F3N4O. The minimum atomic E-state index is -0.987. The molecule has 26 heavy (non-hydrogen) atoms. The van der Waals surface area contributed by atoms with Crippen molar-refractivity contribution in [2.75, 3.05) is 18.4 Å². The Hall–Kier alpha value is -3.03. The molecule has 1 aliphatic heterocycles. The van der Waals surface area contributed by atoms with Gasteiger partial charge in [-0.2, -0.15) is 0 Å². The van der Waals surface area contributed by atoms with Crippen molar-refractivity contribution in [3.05, 3.63) is 54.4 Å². The quantitative estimate of drug-likeness (QED) is 0.755. The summed E-state index contributed by atoms with van der Waals surface area (Å²) in [5, 5.41) is 2.70. The van der Waals surface area contributed by atoms with Crippen LogP contribution in [-0.4, -0.2) is 39.6 Å². The van der Waals surface area contributed by atoms with Crippen LogP contribution in [0.2, 0.25) is 0 Å². The largest absolute Gasteiger partial charge is 0.322 e. The molecular weight excluding hydrogens is 345 g/mol. The average Bonchev–Trinajstić information content (AvgIpc) is 3.23. The molecule has 2 amide bonds. The standard InChI is InChI=1S/C18H15F3N4O/c19-11-4-6-25(9-11)18(26)22-12-5-7-24-10-15(23-16(24)8-12)13-2-1-3-14(20)17(13)21/h1-3,5,7-8,10-11H,4,6,9H2,(H,22,26). The Balaban J connectivity index is 1.60. The third-order valence-electron chi connectivity index (χ3n) is 4.36. The number of hydrogen-bond acceptors (Lipinski definition) is 2. The van der Waals surface area contributed by atoms with Gasteiger partial charge in [0.2, 0.25) is 0 Å². The third-order valence-corrected chi connectivity index (χ3v) is 4.36. The zero-order valence-corrected chi connectivity index (χ0v) is 13.6. The first kappa shape index (κ1) is 16.4. The number of imidazole rings is 1. The molecule has 1 aliphatic rings. The summed E-state index contributed by atoms with van der Waals surface area (Å²) in [4.78, 5) is 17.8. The number of rotatable bonds is 2. The minimum Gasteiger partial charge on any atom is -0.322 e. The molecule has 4 rings (SSSR count). The van der Waals surface area contributed by atoms with Crippen LogP contribution >= 0.6 is 0 Å². The van der Waals surface area contributed by atoms with E-state index in [9.17, 15) is 18.0 Å². The predicted octanol–water partition coefficient (Wildman–Crippen LogP) is 3.86. The van der Waals surface area contributed by atoms with E-state index in [4.69, 9.17) is 0 Å². The van der Waals surface area contributed by atoms with Gasteiger partial charge in [0.15, 0.2) is 11.6 Å². The normalized spacial score (nSPS) is 17.0. The highest BCUT2D eigenvalue weighted by Gasteiger charge is 2.25. The molecule has 8 heteroatoms. The first-order valence-corrected chi connectivity index (χ1v) is 8.14. The summed E-state index contributed by atoms with van der Waals surface area (Å²) < 4.78 is 42.2. The van der Waals surface area contributed by atoms with Crippen LogP contribution in [0.4, 0.5) is 23.7 Å². The Morgan fingerprint density at radius 2 is 2.12 bits per heavy atom. The van der Waals surface area contributed by atoms with Gasteiger partial charge in [0.25, 0.3) is 0 Å². The van der Waals surface area contributed by atoms with Crippen LogP contribution in [0.5, 0.6) is 0 Å². The maximum Gasteiger partial charge on any atom is 0.321 e. The summed E-state index contributed by atoms with van der Waals surface area (Å²) in [7, 11) is 0. The Bertz CT molecular complexity index is 988. The lowest BCUT2D eigenvalue weighted by molar-refractivity contribution is 0.218. The van der Waals surface area contributed by atoms with Crippen molar-refractivity contribution in [3.63, 3.8) is 0 Å². The summed E-state index contributed by atoms with van der Waals surface area (Å²) in [5.74, 6) is -1.90. The van der Waals surface area contributed by atoms with Crippen molar-refractivity contribution in [2.24, 2.45) is 0 Å². The van der Waals surface area contributed by atoms with Crippen molar-refractivity contribution < 1.29 is 18.0 Å². The first-order chi connectivity index (χ1) is 12.5. The number of benzene rings is 1. The highest BCUT2D eigenvalue weighted by atomic mass is 19.2. The lowest BCUT2D eigenvalue weighted by atomic mass is 10.1. The number of halogens is 3. The highest BCUT2D eigenvalue weighted by molar-refractivity contribution is 5.90. The van der Waals surface area contributed by atoms with Gasteiger partial charge < -0.3 is 14.6 Å². The number of nitrogens with one attached hydrogen (secondary N) is 1. The van der Waals surface area contributed by atoms with E-state index >= 15 is 0 Å². The minimum absolute atomic E-state index is 0.0605. The molecule has 0 bridgehead atoms.